The van der Waals surface area contributed by atoms with Crippen molar-refractivity contribution in [2.75, 3.05) is 33.8 Å². The molecular weight excluding hydrogens is 376 g/mol. The third-order valence-electron chi connectivity index (χ3n) is 6.11. The lowest BCUT2D eigenvalue weighted by Crippen LogP contribution is -2.44. The van der Waals surface area contributed by atoms with Crippen LogP contribution >= 0.6 is 0 Å². The minimum atomic E-state index is 0.238. The molecule has 164 valence electrons. The zero-order chi connectivity index (χ0) is 21.5. The largest absolute Gasteiger partial charge is 0.496 e. The van der Waals surface area contributed by atoms with Gasteiger partial charge in [0.1, 0.15) is 5.75 Å². The third-order valence-corrected chi connectivity index (χ3v) is 6.11. The van der Waals surface area contributed by atoms with Gasteiger partial charge >= 0.3 is 0 Å². The van der Waals surface area contributed by atoms with Crippen molar-refractivity contribution in [1.29, 1.82) is 0 Å². The Kier molecular flexibility index (Phi) is 7.74. The summed E-state index contributed by atoms with van der Waals surface area (Å²) in [6.45, 7) is 7.85. The Hall–Kier alpha value is -2.54. The molecule has 3 rings (SSSR count). The van der Waals surface area contributed by atoms with Crippen LogP contribution in [0, 0.1) is 13.8 Å². The normalized spacial score (nSPS) is 16.4. The first-order valence-corrected chi connectivity index (χ1v) is 10.9. The fourth-order valence-corrected chi connectivity index (χ4v) is 4.27. The second-order valence-corrected chi connectivity index (χ2v) is 7.93. The summed E-state index contributed by atoms with van der Waals surface area (Å²) < 4.78 is 7.60. The Balaban J connectivity index is 1.70. The molecule has 1 aliphatic heterocycles. The zero-order valence-corrected chi connectivity index (χ0v) is 19.0. The highest BCUT2D eigenvalue weighted by atomic mass is 16.5. The highest BCUT2D eigenvalue weighted by Crippen LogP contribution is 2.30. The Morgan fingerprint density at radius 3 is 2.53 bits per heavy atom. The van der Waals surface area contributed by atoms with E-state index >= 15 is 0 Å². The third kappa shape index (κ3) is 5.14. The average Bonchev–Trinajstić information content (AvgIpc) is 3.02. The minimum absolute atomic E-state index is 0.238. The number of guanidine groups is 1. The number of rotatable bonds is 7. The maximum atomic E-state index is 5.67. The maximum Gasteiger partial charge on any atom is 0.191 e. The minimum Gasteiger partial charge on any atom is -0.496 e. The number of aromatic nitrogens is 2. The molecule has 0 aliphatic carbocycles. The summed E-state index contributed by atoms with van der Waals surface area (Å²) in [5.74, 6) is 1.74. The number of likely N-dealkylation sites (tertiary alicyclic amines) is 1. The van der Waals surface area contributed by atoms with Crippen molar-refractivity contribution < 1.29 is 4.74 Å². The van der Waals surface area contributed by atoms with E-state index < -0.39 is 0 Å². The molecule has 1 unspecified atom stereocenters. The summed E-state index contributed by atoms with van der Waals surface area (Å²) in [7, 11) is 5.55. The number of aryl methyl sites for hydroxylation is 2. The van der Waals surface area contributed by atoms with E-state index in [9.17, 15) is 0 Å². The molecule has 0 saturated carbocycles. The highest BCUT2D eigenvalue weighted by Gasteiger charge is 2.25. The number of hydrogen-bond acceptors (Lipinski definition) is 4. The molecule has 1 saturated heterocycles. The van der Waals surface area contributed by atoms with E-state index in [4.69, 9.17) is 4.74 Å². The monoisotopic (exact) mass is 412 g/mol. The van der Waals surface area contributed by atoms with Gasteiger partial charge in [0.25, 0.3) is 0 Å². The lowest BCUT2D eigenvalue weighted by molar-refractivity contribution is 0.161. The second kappa shape index (κ2) is 10.5. The molecular formula is C23H36N6O. The molecule has 2 heterocycles. The van der Waals surface area contributed by atoms with Crippen LogP contribution in [0.25, 0.3) is 0 Å². The molecule has 1 aromatic carbocycles. The molecule has 0 bridgehead atoms. The van der Waals surface area contributed by atoms with Gasteiger partial charge in [-0.15, -0.1) is 0 Å². The standard InChI is InChI=1S/C23H36N6O/c1-17-20(18(2)28(4)27-17)15-25-23(24-3)26-16-21(29-13-9-6-10-14-29)19-11-7-8-12-22(19)30-5/h7-8,11-12,21H,6,9-10,13-16H2,1-5H3,(H2,24,25,26). The summed E-state index contributed by atoms with van der Waals surface area (Å²) >= 11 is 0. The fraction of sp³-hybridized carbons (Fsp3) is 0.565. The number of ether oxygens (including phenoxy) is 1. The van der Waals surface area contributed by atoms with Gasteiger partial charge in [-0.25, -0.2) is 0 Å². The van der Waals surface area contributed by atoms with E-state index in [1.165, 1.54) is 36.1 Å². The summed E-state index contributed by atoms with van der Waals surface area (Å²) in [6.07, 6.45) is 3.81. The Morgan fingerprint density at radius 1 is 1.17 bits per heavy atom. The van der Waals surface area contributed by atoms with Crippen molar-refractivity contribution in [2.45, 2.75) is 45.7 Å². The topological polar surface area (TPSA) is 66.7 Å². The first kappa shape index (κ1) is 22.2. The molecule has 7 heteroatoms. The van der Waals surface area contributed by atoms with E-state index in [1.54, 1.807) is 7.11 Å². The number of benzene rings is 1. The molecule has 1 fully saturated rings. The number of piperidine rings is 1. The van der Waals surface area contributed by atoms with Gasteiger partial charge < -0.3 is 15.4 Å². The molecule has 1 aliphatic rings. The van der Waals surface area contributed by atoms with Crippen LogP contribution in [-0.2, 0) is 13.6 Å². The van der Waals surface area contributed by atoms with Gasteiger partial charge in [0.15, 0.2) is 5.96 Å². The molecule has 1 aromatic heterocycles. The van der Waals surface area contributed by atoms with E-state index in [0.717, 1.165) is 37.0 Å². The first-order chi connectivity index (χ1) is 14.5. The Bertz CT molecular complexity index is 853. The van der Waals surface area contributed by atoms with Crippen molar-refractivity contribution in [3.8, 4) is 5.75 Å². The van der Waals surface area contributed by atoms with Crippen LogP contribution < -0.4 is 15.4 Å². The Morgan fingerprint density at radius 2 is 1.90 bits per heavy atom. The fourth-order valence-electron chi connectivity index (χ4n) is 4.27. The average molecular weight is 413 g/mol. The Labute approximate surface area is 180 Å². The van der Waals surface area contributed by atoms with Crippen molar-refractivity contribution >= 4 is 5.96 Å². The van der Waals surface area contributed by atoms with Gasteiger partial charge in [-0.05, 0) is 45.8 Å². The van der Waals surface area contributed by atoms with Crippen molar-refractivity contribution in [1.82, 2.24) is 25.3 Å². The van der Waals surface area contributed by atoms with Gasteiger partial charge in [-0.1, -0.05) is 24.6 Å². The smallest absolute Gasteiger partial charge is 0.191 e. The van der Waals surface area contributed by atoms with Gasteiger partial charge in [-0.2, -0.15) is 5.10 Å². The SMILES string of the molecule is CN=C(NCc1c(C)nn(C)c1C)NCC(c1ccccc1OC)N1CCCCC1. The van der Waals surface area contributed by atoms with Crippen LogP contribution in [0.15, 0.2) is 29.3 Å². The molecule has 1 atom stereocenters. The van der Waals surface area contributed by atoms with Crippen LogP contribution in [0.1, 0.15) is 47.8 Å². The summed E-state index contributed by atoms with van der Waals surface area (Å²) in [5.41, 5.74) is 4.68. The summed E-state index contributed by atoms with van der Waals surface area (Å²) in [4.78, 5) is 7.01. The number of hydrogen-bond donors (Lipinski definition) is 2. The second-order valence-electron chi connectivity index (χ2n) is 7.93. The zero-order valence-electron chi connectivity index (χ0n) is 19.0. The first-order valence-electron chi connectivity index (χ1n) is 10.9. The van der Waals surface area contributed by atoms with E-state index in [2.05, 4.69) is 44.7 Å². The van der Waals surface area contributed by atoms with Crippen molar-refractivity contribution in [2.24, 2.45) is 12.0 Å². The molecule has 30 heavy (non-hydrogen) atoms. The molecule has 0 radical (unpaired) electrons. The molecule has 7 nitrogen and oxygen atoms in total. The lowest BCUT2D eigenvalue weighted by atomic mass is 10.0. The van der Waals surface area contributed by atoms with Crippen molar-refractivity contribution in [3.63, 3.8) is 0 Å². The van der Waals surface area contributed by atoms with Crippen molar-refractivity contribution in [3.05, 3.63) is 46.8 Å². The molecule has 0 amide bonds. The summed E-state index contributed by atoms with van der Waals surface area (Å²) in [5, 5.41) is 11.5. The van der Waals surface area contributed by atoms with Gasteiger partial charge in [0.05, 0.1) is 18.8 Å². The molecule has 2 aromatic rings. The van der Waals surface area contributed by atoms with Crippen LogP contribution in [0.5, 0.6) is 5.75 Å². The van der Waals surface area contributed by atoms with Gasteiger partial charge in [0, 0.05) is 44.0 Å². The van der Waals surface area contributed by atoms with E-state index in [-0.39, 0.29) is 6.04 Å². The van der Waals surface area contributed by atoms with Crippen LogP contribution in [0.4, 0.5) is 0 Å². The summed E-state index contributed by atoms with van der Waals surface area (Å²) in [6, 6.07) is 8.59. The molecule has 0 spiro atoms. The predicted octanol–water partition coefficient (Wildman–Crippen LogP) is 2.94. The van der Waals surface area contributed by atoms with E-state index in [0.29, 0.717) is 6.54 Å². The molecule has 2 N–H and O–H groups in total. The lowest BCUT2D eigenvalue weighted by Gasteiger charge is -2.35. The van der Waals surface area contributed by atoms with Crippen LogP contribution in [0.2, 0.25) is 0 Å². The highest BCUT2D eigenvalue weighted by molar-refractivity contribution is 5.79. The number of nitrogens with zero attached hydrogens (tertiary/aromatic N) is 4. The quantitative estimate of drug-likeness (QED) is 0.541. The predicted molar refractivity (Wildman–Crippen MR) is 122 cm³/mol. The van der Waals surface area contributed by atoms with Crippen LogP contribution in [0.3, 0.4) is 0 Å². The number of para-hydroxylation sites is 1. The van der Waals surface area contributed by atoms with Gasteiger partial charge in [0.2, 0.25) is 0 Å². The number of methoxy groups -OCH3 is 1. The van der Waals surface area contributed by atoms with E-state index in [1.807, 2.05) is 37.8 Å². The number of nitrogens with one attached hydrogen (secondary N) is 2. The maximum absolute atomic E-state index is 5.67. The number of aliphatic imine (C=N–C) groups is 1. The van der Waals surface area contributed by atoms with Gasteiger partial charge in [-0.3, -0.25) is 14.6 Å². The van der Waals surface area contributed by atoms with Crippen LogP contribution in [-0.4, -0.2) is 54.4 Å².